The summed E-state index contributed by atoms with van der Waals surface area (Å²) in [5, 5.41) is 23.5. The predicted octanol–water partition coefficient (Wildman–Crippen LogP) is 9.99. The number of hydrogen-bond donors (Lipinski definition) is 4. The molecule has 7 nitrogen and oxygen atoms in total. The van der Waals surface area contributed by atoms with Crippen molar-refractivity contribution in [1.82, 2.24) is 5.32 Å². The summed E-state index contributed by atoms with van der Waals surface area (Å²) >= 11 is 0. The molecular weight excluding hydrogens is 598 g/mol. The average molecular weight is 674 g/mol. The number of carbonyl (C=O) groups is 1. The van der Waals surface area contributed by atoms with Crippen molar-refractivity contribution >= 4 is 16.0 Å². The normalized spacial score (nSPS) is 14.1. The van der Waals surface area contributed by atoms with E-state index in [4.69, 9.17) is 0 Å². The SMILES string of the molecule is CCCCCCCCC/C=C\CCCCCCC(O)C(=O)NC(CS(=O)(=O)O)C(O)CCCCCCCCCCCCCCCC. The molecule has 0 radical (unpaired) electrons. The van der Waals surface area contributed by atoms with E-state index in [0.717, 1.165) is 51.4 Å². The van der Waals surface area contributed by atoms with E-state index in [1.807, 2.05) is 0 Å². The van der Waals surface area contributed by atoms with Crippen LogP contribution in [-0.2, 0) is 14.9 Å². The third-order valence-electron chi connectivity index (χ3n) is 9.08. The van der Waals surface area contributed by atoms with Gasteiger partial charge in [-0.25, -0.2) is 0 Å². The fourth-order valence-electron chi connectivity index (χ4n) is 6.04. The van der Waals surface area contributed by atoms with Crippen molar-refractivity contribution in [2.45, 2.75) is 218 Å². The second-order valence-corrected chi connectivity index (χ2v) is 15.2. The Morgan fingerprint density at radius 2 is 0.913 bits per heavy atom. The average Bonchev–Trinajstić information content (AvgIpc) is 3.01. The van der Waals surface area contributed by atoms with E-state index in [2.05, 4.69) is 31.3 Å². The lowest BCUT2D eigenvalue weighted by Crippen LogP contribution is -2.50. The number of nitrogens with one attached hydrogen (secondary N) is 1. The van der Waals surface area contributed by atoms with Gasteiger partial charge >= 0.3 is 0 Å². The molecule has 274 valence electrons. The molecule has 3 atom stereocenters. The minimum atomic E-state index is -4.40. The Morgan fingerprint density at radius 3 is 1.30 bits per heavy atom. The van der Waals surface area contributed by atoms with Crippen molar-refractivity contribution in [3.63, 3.8) is 0 Å². The monoisotopic (exact) mass is 674 g/mol. The van der Waals surface area contributed by atoms with Crippen molar-refractivity contribution in [3.8, 4) is 0 Å². The number of carbonyl (C=O) groups excluding carboxylic acids is 1. The molecule has 0 aliphatic carbocycles. The van der Waals surface area contributed by atoms with Gasteiger partial charge < -0.3 is 15.5 Å². The van der Waals surface area contributed by atoms with Crippen molar-refractivity contribution in [3.05, 3.63) is 12.2 Å². The van der Waals surface area contributed by atoms with E-state index in [1.54, 1.807) is 0 Å². The molecule has 0 rings (SSSR count). The molecule has 3 unspecified atom stereocenters. The first-order valence-corrected chi connectivity index (χ1v) is 21.1. The Hall–Kier alpha value is -0.960. The molecule has 0 saturated heterocycles. The quantitative estimate of drug-likeness (QED) is 0.0302. The molecule has 0 aromatic carbocycles. The van der Waals surface area contributed by atoms with E-state index < -0.39 is 40.0 Å². The summed E-state index contributed by atoms with van der Waals surface area (Å²) in [6.07, 6.45) is 35.1. The third-order valence-corrected chi connectivity index (χ3v) is 9.86. The third kappa shape index (κ3) is 31.6. The molecule has 0 heterocycles. The van der Waals surface area contributed by atoms with Gasteiger partial charge in [-0.1, -0.05) is 174 Å². The lowest BCUT2D eigenvalue weighted by Gasteiger charge is -2.24. The molecule has 4 N–H and O–H groups in total. The highest BCUT2D eigenvalue weighted by Crippen LogP contribution is 2.16. The molecule has 1 amide bonds. The number of hydrogen-bond acceptors (Lipinski definition) is 5. The zero-order chi connectivity index (χ0) is 34.1. The molecule has 0 fully saturated rings. The summed E-state index contributed by atoms with van der Waals surface area (Å²) in [6, 6.07) is -1.15. The summed E-state index contributed by atoms with van der Waals surface area (Å²) in [4.78, 5) is 12.6. The number of rotatable bonds is 35. The van der Waals surface area contributed by atoms with Gasteiger partial charge in [0.1, 0.15) is 6.10 Å². The number of aliphatic hydroxyl groups excluding tert-OH is 2. The van der Waals surface area contributed by atoms with Crippen LogP contribution in [0.15, 0.2) is 12.2 Å². The van der Waals surface area contributed by atoms with Gasteiger partial charge in [-0.3, -0.25) is 9.35 Å². The Bertz CT molecular complexity index is 803. The molecule has 46 heavy (non-hydrogen) atoms. The maximum atomic E-state index is 12.6. The number of amides is 1. The summed E-state index contributed by atoms with van der Waals surface area (Å²) in [7, 11) is -4.40. The van der Waals surface area contributed by atoms with E-state index in [0.29, 0.717) is 19.3 Å². The second-order valence-electron chi connectivity index (χ2n) is 13.7. The first-order valence-electron chi connectivity index (χ1n) is 19.5. The van der Waals surface area contributed by atoms with Crippen LogP contribution in [0, 0.1) is 0 Å². The standard InChI is InChI=1S/C38H75NO6S/c1-3-5-7-9-11-13-15-17-19-21-23-25-27-29-31-33-37(41)38(42)39-35(34-46(43,44)45)36(40)32-30-28-26-24-22-20-18-16-14-12-10-8-6-4-2/h19,21,35-37,40-41H,3-18,20,22-34H2,1-2H3,(H,39,42)(H,43,44,45)/b21-19-. The maximum Gasteiger partial charge on any atom is 0.266 e. The zero-order valence-corrected chi connectivity index (χ0v) is 30.9. The van der Waals surface area contributed by atoms with Gasteiger partial charge in [-0.2, -0.15) is 8.42 Å². The highest BCUT2D eigenvalue weighted by Gasteiger charge is 2.28. The van der Waals surface area contributed by atoms with Crippen molar-refractivity contribution in [2.75, 3.05) is 5.75 Å². The Labute approximate surface area is 284 Å². The van der Waals surface area contributed by atoms with Crippen LogP contribution in [0.3, 0.4) is 0 Å². The van der Waals surface area contributed by atoms with E-state index in [-0.39, 0.29) is 6.42 Å². The van der Waals surface area contributed by atoms with E-state index in [1.165, 1.54) is 109 Å². The minimum Gasteiger partial charge on any atom is -0.391 e. The van der Waals surface area contributed by atoms with Crippen LogP contribution in [0.25, 0.3) is 0 Å². The summed E-state index contributed by atoms with van der Waals surface area (Å²) in [6.45, 7) is 4.49. The van der Waals surface area contributed by atoms with Crippen LogP contribution in [-0.4, -0.2) is 53.1 Å². The Morgan fingerprint density at radius 1 is 0.565 bits per heavy atom. The van der Waals surface area contributed by atoms with Crippen LogP contribution in [0.5, 0.6) is 0 Å². The first kappa shape index (κ1) is 45.0. The smallest absolute Gasteiger partial charge is 0.266 e. The number of allylic oxidation sites excluding steroid dienone is 2. The van der Waals surface area contributed by atoms with Crippen LogP contribution >= 0.6 is 0 Å². The van der Waals surface area contributed by atoms with Gasteiger partial charge in [0.15, 0.2) is 0 Å². The summed E-state index contributed by atoms with van der Waals surface area (Å²) < 4.78 is 32.5. The molecule has 0 saturated carbocycles. The molecule has 0 aromatic heterocycles. The van der Waals surface area contributed by atoms with Gasteiger partial charge in [-0.05, 0) is 38.5 Å². The minimum absolute atomic E-state index is 0.285. The van der Waals surface area contributed by atoms with Crippen LogP contribution in [0.1, 0.15) is 200 Å². The van der Waals surface area contributed by atoms with Crippen LogP contribution in [0.2, 0.25) is 0 Å². The van der Waals surface area contributed by atoms with Gasteiger partial charge in [0.05, 0.1) is 17.9 Å². The van der Waals surface area contributed by atoms with Gasteiger partial charge in [0.25, 0.3) is 10.1 Å². The molecule has 0 aliphatic rings. The summed E-state index contributed by atoms with van der Waals surface area (Å²) in [5.74, 6) is -1.46. The van der Waals surface area contributed by atoms with Crippen LogP contribution < -0.4 is 5.32 Å². The van der Waals surface area contributed by atoms with E-state index >= 15 is 0 Å². The fraction of sp³-hybridized carbons (Fsp3) is 0.921. The lowest BCUT2D eigenvalue weighted by atomic mass is 10.0. The van der Waals surface area contributed by atoms with Crippen molar-refractivity contribution < 1.29 is 28.0 Å². The van der Waals surface area contributed by atoms with Crippen molar-refractivity contribution in [2.24, 2.45) is 0 Å². The molecule has 0 spiro atoms. The predicted molar refractivity (Wildman–Crippen MR) is 195 cm³/mol. The molecular formula is C38H75NO6S. The zero-order valence-electron chi connectivity index (χ0n) is 30.1. The largest absolute Gasteiger partial charge is 0.391 e. The fourth-order valence-corrected chi connectivity index (χ4v) is 6.80. The highest BCUT2D eigenvalue weighted by atomic mass is 32.2. The lowest BCUT2D eigenvalue weighted by molar-refractivity contribution is -0.131. The van der Waals surface area contributed by atoms with Gasteiger partial charge in [0, 0.05) is 0 Å². The molecule has 0 aromatic rings. The Balaban J connectivity index is 4.03. The Kier molecular flexibility index (Phi) is 31.9. The topological polar surface area (TPSA) is 124 Å². The van der Waals surface area contributed by atoms with Gasteiger partial charge in [0.2, 0.25) is 5.91 Å². The van der Waals surface area contributed by atoms with Crippen LogP contribution in [0.4, 0.5) is 0 Å². The molecule has 0 bridgehead atoms. The number of unbranched alkanes of at least 4 members (excludes halogenated alkanes) is 24. The van der Waals surface area contributed by atoms with E-state index in [9.17, 15) is 28.0 Å². The molecule has 8 heteroatoms. The molecule has 0 aliphatic heterocycles. The van der Waals surface area contributed by atoms with Gasteiger partial charge in [-0.15, -0.1) is 0 Å². The maximum absolute atomic E-state index is 12.6. The first-order chi connectivity index (χ1) is 22.2. The second kappa shape index (κ2) is 32.6. The highest BCUT2D eigenvalue weighted by molar-refractivity contribution is 7.85. The summed E-state index contributed by atoms with van der Waals surface area (Å²) in [5.41, 5.74) is 0. The van der Waals surface area contributed by atoms with Crippen molar-refractivity contribution in [1.29, 1.82) is 0 Å². The number of aliphatic hydroxyl groups is 2.